The lowest BCUT2D eigenvalue weighted by Gasteiger charge is -2.20. The van der Waals surface area contributed by atoms with Crippen molar-refractivity contribution in [1.29, 1.82) is 0 Å². The molecule has 1 heteroatoms. The highest BCUT2D eigenvalue weighted by molar-refractivity contribution is 5.78. The van der Waals surface area contributed by atoms with E-state index in [1.165, 1.54) is 16.7 Å². The average Bonchev–Trinajstić information content (AvgIpc) is 2.26. The van der Waals surface area contributed by atoms with E-state index in [0.29, 0.717) is 18.6 Å². The number of benzene rings is 1. The third-order valence-corrected chi connectivity index (χ3v) is 3.28. The molecule has 1 aromatic carbocycles. The third kappa shape index (κ3) is 3.99. The highest BCUT2D eigenvalue weighted by Crippen LogP contribution is 2.25. The lowest BCUT2D eigenvalue weighted by Crippen LogP contribution is -2.12. The van der Waals surface area contributed by atoms with E-state index in [9.17, 15) is 4.79 Å². The molecule has 0 saturated heterocycles. The molecule has 1 aromatic rings. The molecular formula is C16H24O. The van der Waals surface area contributed by atoms with Crippen LogP contribution in [0.2, 0.25) is 0 Å². The molecule has 0 fully saturated rings. The minimum absolute atomic E-state index is 0.178. The summed E-state index contributed by atoms with van der Waals surface area (Å²) in [6.45, 7) is 10.7. The summed E-state index contributed by atoms with van der Waals surface area (Å²) < 4.78 is 0. The normalized spacial score (nSPS) is 11.6. The minimum Gasteiger partial charge on any atom is -0.300 e. The number of hydrogen-bond acceptors (Lipinski definition) is 1. The number of rotatable bonds is 4. The standard InChI is InChI=1S/C16H24O/c1-6-15(17)10-8-13-11-14(16(3,4)5)9-7-12(13)2/h7,9,11H,6,8,10H2,1-5H3. The van der Waals surface area contributed by atoms with Crippen LogP contribution in [0.15, 0.2) is 18.2 Å². The fraction of sp³-hybridized carbons (Fsp3) is 0.562. The van der Waals surface area contributed by atoms with Gasteiger partial charge in [0.15, 0.2) is 0 Å². The first-order valence-corrected chi connectivity index (χ1v) is 6.46. The summed E-state index contributed by atoms with van der Waals surface area (Å²) in [6.07, 6.45) is 2.20. The van der Waals surface area contributed by atoms with Crippen LogP contribution in [0.4, 0.5) is 0 Å². The van der Waals surface area contributed by atoms with Crippen molar-refractivity contribution in [1.82, 2.24) is 0 Å². The van der Waals surface area contributed by atoms with Gasteiger partial charge in [-0.2, -0.15) is 0 Å². The van der Waals surface area contributed by atoms with E-state index in [4.69, 9.17) is 0 Å². The molecule has 0 heterocycles. The number of Topliss-reactive ketones (excluding diaryl/α,β-unsaturated/α-hetero) is 1. The zero-order chi connectivity index (χ0) is 13.1. The van der Waals surface area contributed by atoms with Crippen LogP contribution in [-0.2, 0) is 16.6 Å². The Kier molecular flexibility index (Phi) is 4.50. The van der Waals surface area contributed by atoms with Gasteiger partial charge in [0.25, 0.3) is 0 Å². The molecule has 0 aliphatic heterocycles. The molecule has 0 atom stereocenters. The zero-order valence-corrected chi connectivity index (χ0v) is 11.8. The van der Waals surface area contributed by atoms with Gasteiger partial charge in [0, 0.05) is 12.8 Å². The summed E-state index contributed by atoms with van der Waals surface area (Å²) >= 11 is 0. The number of carbonyl (C=O) groups is 1. The van der Waals surface area contributed by atoms with Crippen molar-refractivity contribution in [2.45, 2.75) is 59.3 Å². The molecule has 0 amide bonds. The van der Waals surface area contributed by atoms with Crippen molar-refractivity contribution in [2.75, 3.05) is 0 Å². The van der Waals surface area contributed by atoms with Gasteiger partial charge in [-0.3, -0.25) is 4.79 Å². The molecule has 0 radical (unpaired) electrons. The van der Waals surface area contributed by atoms with E-state index in [1.807, 2.05) is 6.92 Å². The second kappa shape index (κ2) is 5.48. The van der Waals surface area contributed by atoms with Crippen LogP contribution in [0.1, 0.15) is 57.2 Å². The SMILES string of the molecule is CCC(=O)CCc1cc(C(C)(C)C)ccc1C. The number of hydrogen-bond donors (Lipinski definition) is 0. The predicted octanol–water partition coefficient (Wildman–Crippen LogP) is 4.20. The van der Waals surface area contributed by atoms with Crippen LogP contribution in [-0.4, -0.2) is 5.78 Å². The van der Waals surface area contributed by atoms with Crippen LogP contribution in [0.25, 0.3) is 0 Å². The lowest BCUT2D eigenvalue weighted by molar-refractivity contribution is -0.118. The molecule has 0 bridgehead atoms. The van der Waals surface area contributed by atoms with E-state index >= 15 is 0 Å². The second-order valence-corrected chi connectivity index (χ2v) is 5.78. The molecule has 1 nitrogen and oxygen atoms in total. The van der Waals surface area contributed by atoms with Gasteiger partial charge in [-0.15, -0.1) is 0 Å². The van der Waals surface area contributed by atoms with Crippen molar-refractivity contribution < 1.29 is 4.79 Å². The monoisotopic (exact) mass is 232 g/mol. The minimum atomic E-state index is 0.178. The molecule has 0 saturated carbocycles. The van der Waals surface area contributed by atoms with Gasteiger partial charge in [-0.05, 0) is 35.4 Å². The fourth-order valence-electron chi connectivity index (χ4n) is 1.86. The quantitative estimate of drug-likeness (QED) is 0.760. The molecule has 0 aromatic heterocycles. The van der Waals surface area contributed by atoms with E-state index in [0.717, 1.165) is 6.42 Å². The van der Waals surface area contributed by atoms with Gasteiger partial charge in [-0.25, -0.2) is 0 Å². The van der Waals surface area contributed by atoms with Gasteiger partial charge in [-0.1, -0.05) is 45.9 Å². The molecule has 0 N–H and O–H groups in total. The van der Waals surface area contributed by atoms with E-state index in [-0.39, 0.29) is 5.41 Å². The predicted molar refractivity (Wildman–Crippen MR) is 73.5 cm³/mol. The second-order valence-electron chi connectivity index (χ2n) is 5.78. The highest BCUT2D eigenvalue weighted by atomic mass is 16.1. The Labute approximate surface area is 105 Å². The van der Waals surface area contributed by atoms with Crippen LogP contribution in [0.3, 0.4) is 0 Å². The molecule has 0 spiro atoms. The topological polar surface area (TPSA) is 17.1 Å². The number of ketones is 1. The van der Waals surface area contributed by atoms with Gasteiger partial charge >= 0.3 is 0 Å². The van der Waals surface area contributed by atoms with Crippen molar-refractivity contribution in [2.24, 2.45) is 0 Å². The number of carbonyl (C=O) groups excluding carboxylic acids is 1. The smallest absolute Gasteiger partial charge is 0.132 e. The Morgan fingerprint density at radius 3 is 2.41 bits per heavy atom. The van der Waals surface area contributed by atoms with E-state index in [1.54, 1.807) is 0 Å². The Morgan fingerprint density at radius 2 is 1.88 bits per heavy atom. The summed E-state index contributed by atoms with van der Waals surface area (Å²) in [5.41, 5.74) is 4.14. The summed E-state index contributed by atoms with van der Waals surface area (Å²) in [7, 11) is 0. The van der Waals surface area contributed by atoms with Crippen LogP contribution in [0, 0.1) is 6.92 Å². The molecule has 94 valence electrons. The Balaban J connectivity index is 2.88. The molecule has 0 aliphatic carbocycles. The van der Waals surface area contributed by atoms with Crippen LogP contribution in [0.5, 0.6) is 0 Å². The molecule has 0 unspecified atom stereocenters. The summed E-state index contributed by atoms with van der Waals surface area (Å²) in [6, 6.07) is 6.63. The van der Waals surface area contributed by atoms with Crippen LogP contribution >= 0.6 is 0 Å². The van der Waals surface area contributed by atoms with Crippen molar-refractivity contribution >= 4 is 5.78 Å². The first-order valence-electron chi connectivity index (χ1n) is 6.46. The Bertz CT molecular complexity index is 396. The summed E-state index contributed by atoms with van der Waals surface area (Å²) in [5.74, 6) is 0.352. The zero-order valence-electron chi connectivity index (χ0n) is 11.8. The maximum Gasteiger partial charge on any atom is 0.132 e. The Hall–Kier alpha value is -1.11. The number of aryl methyl sites for hydroxylation is 2. The van der Waals surface area contributed by atoms with Crippen molar-refractivity contribution in [3.8, 4) is 0 Å². The third-order valence-electron chi connectivity index (χ3n) is 3.28. The first-order chi connectivity index (χ1) is 7.84. The Morgan fingerprint density at radius 1 is 1.24 bits per heavy atom. The summed E-state index contributed by atoms with van der Waals surface area (Å²) in [5, 5.41) is 0. The first kappa shape index (κ1) is 14.0. The van der Waals surface area contributed by atoms with Gasteiger partial charge in [0.1, 0.15) is 5.78 Å². The van der Waals surface area contributed by atoms with Crippen LogP contribution < -0.4 is 0 Å². The van der Waals surface area contributed by atoms with E-state index in [2.05, 4.69) is 45.9 Å². The highest BCUT2D eigenvalue weighted by Gasteiger charge is 2.14. The summed E-state index contributed by atoms with van der Waals surface area (Å²) in [4.78, 5) is 11.4. The van der Waals surface area contributed by atoms with Gasteiger partial charge in [0.05, 0.1) is 0 Å². The fourth-order valence-corrected chi connectivity index (χ4v) is 1.86. The lowest BCUT2D eigenvalue weighted by atomic mass is 9.84. The molecule has 17 heavy (non-hydrogen) atoms. The largest absolute Gasteiger partial charge is 0.300 e. The van der Waals surface area contributed by atoms with E-state index < -0.39 is 0 Å². The van der Waals surface area contributed by atoms with Gasteiger partial charge in [0.2, 0.25) is 0 Å². The maximum atomic E-state index is 11.4. The molecular weight excluding hydrogens is 208 g/mol. The van der Waals surface area contributed by atoms with Crippen molar-refractivity contribution in [3.63, 3.8) is 0 Å². The van der Waals surface area contributed by atoms with Gasteiger partial charge < -0.3 is 0 Å². The average molecular weight is 232 g/mol. The molecule has 0 aliphatic rings. The van der Waals surface area contributed by atoms with Crippen molar-refractivity contribution in [3.05, 3.63) is 34.9 Å². The molecule has 1 rings (SSSR count). The maximum absolute atomic E-state index is 11.4.